The van der Waals surface area contributed by atoms with Gasteiger partial charge in [0.2, 0.25) is 0 Å². The third-order valence-corrected chi connectivity index (χ3v) is 4.13. The SMILES string of the molecule is COc1cccc(P(O)c2cccc(OC)c2)c1. The molecule has 4 heteroatoms. The molecule has 0 atom stereocenters. The fourth-order valence-electron chi connectivity index (χ4n) is 1.63. The van der Waals surface area contributed by atoms with Crippen molar-refractivity contribution in [2.24, 2.45) is 0 Å². The third kappa shape index (κ3) is 2.81. The Morgan fingerprint density at radius 1 is 0.833 bits per heavy atom. The molecule has 0 saturated carbocycles. The summed E-state index contributed by atoms with van der Waals surface area (Å²) in [5, 5.41) is 1.72. The Morgan fingerprint density at radius 2 is 1.28 bits per heavy atom. The first-order chi connectivity index (χ1) is 8.74. The van der Waals surface area contributed by atoms with Gasteiger partial charge in [0.1, 0.15) is 11.5 Å². The zero-order chi connectivity index (χ0) is 13.0. The predicted molar refractivity (Wildman–Crippen MR) is 74.4 cm³/mol. The summed E-state index contributed by atoms with van der Waals surface area (Å²) in [4.78, 5) is 10.4. The molecule has 0 bridgehead atoms. The van der Waals surface area contributed by atoms with Gasteiger partial charge in [0.25, 0.3) is 0 Å². The number of methoxy groups -OCH3 is 2. The number of rotatable bonds is 4. The fraction of sp³-hybridized carbons (Fsp3) is 0.143. The summed E-state index contributed by atoms with van der Waals surface area (Å²) in [5.74, 6) is 1.49. The molecule has 0 aliphatic heterocycles. The molecule has 94 valence electrons. The van der Waals surface area contributed by atoms with E-state index in [4.69, 9.17) is 9.47 Å². The molecule has 2 aromatic rings. The summed E-state index contributed by atoms with van der Waals surface area (Å²) in [7, 11) is 1.86. The molecule has 18 heavy (non-hydrogen) atoms. The topological polar surface area (TPSA) is 38.7 Å². The third-order valence-electron chi connectivity index (χ3n) is 2.60. The second-order valence-electron chi connectivity index (χ2n) is 3.71. The van der Waals surface area contributed by atoms with Crippen LogP contribution in [0.15, 0.2) is 48.5 Å². The van der Waals surface area contributed by atoms with Crippen LogP contribution in [0.25, 0.3) is 0 Å². The molecule has 0 fully saturated rings. The minimum Gasteiger partial charge on any atom is -0.497 e. The van der Waals surface area contributed by atoms with E-state index in [0.29, 0.717) is 0 Å². The Labute approximate surface area is 108 Å². The first kappa shape index (κ1) is 12.9. The number of hydrogen-bond donors (Lipinski definition) is 1. The van der Waals surface area contributed by atoms with E-state index in [1.807, 2.05) is 48.5 Å². The van der Waals surface area contributed by atoms with Crippen molar-refractivity contribution in [3.63, 3.8) is 0 Å². The molecule has 0 heterocycles. The zero-order valence-corrected chi connectivity index (χ0v) is 11.2. The van der Waals surface area contributed by atoms with Gasteiger partial charge in [0.05, 0.1) is 22.4 Å². The molecule has 2 rings (SSSR count). The molecule has 0 aliphatic carbocycles. The van der Waals surface area contributed by atoms with Crippen LogP contribution < -0.4 is 20.1 Å². The maximum Gasteiger partial charge on any atom is 0.119 e. The smallest absolute Gasteiger partial charge is 0.119 e. The van der Waals surface area contributed by atoms with E-state index in [1.54, 1.807) is 14.2 Å². The summed E-state index contributed by atoms with van der Waals surface area (Å²) in [6.07, 6.45) is 0. The summed E-state index contributed by atoms with van der Waals surface area (Å²) in [6.45, 7) is 0. The van der Waals surface area contributed by atoms with Gasteiger partial charge in [-0.3, -0.25) is 0 Å². The highest BCUT2D eigenvalue weighted by Gasteiger charge is 2.12. The zero-order valence-electron chi connectivity index (χ0n) is 10.3. The summed E-state index contributed by atoms with van der Waals surface area (Å²) in [5.41, 5.74) is 0. The van der Waals surface area contributed by atoms with Crippen LogP contribution in [0.5, 0.6) is 11.5 Å². The van der Waals surface area contributed by atoms with Gasteiger partial charge < -0.3 is 14.4 Å². The Morgan fingerprint density at radius 3 is 1.67 bits per heavy atom. The van der Waals surface area contributed by atoms with Gasteiger partial charge >= 0.3 is 0 Å². The molecule has 3 nitrogen and oxygen atoms in total. The van der Waals surface area contributed by atoms with E-state index in [0.717, 1.165) is 22.1 Å². The van der Waals surface area contributed by atoms with Crippen molar-refractivity contribution in [1.82, 2.24) is 0 Å². The Hall–Kier alpha value is -1.57. The highest BCUT2D eigenvalue weighted by Crippen LogP contribution is 2.30. The van der Waals surface area contributed by atoms with Crippen LogP contribution in [0.2, 0.25) is 0 Å². The van der Waals surface area contributed by atoms with E-state index >= 15 is 0 Å². The molecule has 0 aliphatic rings. The van der Waals surface area contributed by atoms with E-state index in [-0.39, 0.29) is 0 Å². The van der Waals surface area contributed by atoms with E-state index < -0.39 is 8.15 Å². The average molecular weight is 262 g/mol. The van der Waals surface area contributed by atoms with Gasteiger partial charge in [-0.1, -0.05) is 24.3 Å². The monoisotopic (exact) mass is 262 g/mol. The molecule has 0 spiro atoms. The van der Waals surface area contributed by atoms with Gasteiger partial charge in [-0.2, -0.15) is 0 Å². The van der Waals surface area contributed by atoms with Gasteiger partial charge in [-0.05, 0) is 24.3 Å². The molecule has 0 aromatic heterocycles. The van der Waals surface area contributed by atoms with Crippen molar-refractivity contribution in [1.29, 1.82) is 0 Å². The van der Waals surface area contributed by atoms with Crippen molar-refractivity contribution in [2.45, 2.75) is 0 Å². The normalized spacial score (nSPS) is 10.4. The van der Waals surface area contributed by atoms with Gasteiger partial charge in [0.15, 0.2) is 0 Å². The first-order valence-corrected chi connectivity index (χ1v) is 6.81. The standard InChI is InChI=1S/C14H15O3P/c1-16-11-5-3-7-13(9-11)18(15)14-8-4-6-12(10-14)17-2/h3-10,15H,1-2H3. The van der Waals surface area contributed by atoms with Crippen molar-refractivity contribution in [2.75, 3.05) is 14.2 Å². The lowest BCUT2D eigenvalue weighted by molar-refractivity contribution is 0.415. The molecule has 0 radical (unpaired) electrons. The second-order valence-corrected chi connectivity index (χ2v) is 5.37. The maximum atomic E-state index is 10.4. The van der Waals surface area contributed by atoms with Crippen LogP contribution >= 0.6 is 8.15 Å². The summed E-state index contributed by atoms with van der Waals surface area (Å²) < 4.78 is 10.3. The average Bonchev–Trinajstić information content (AvgIpc) is 2.46. The van der Waals surface area contributed by atoms with E-state index in [9.17, 15) is 4.89 Å². The minimum absolute atomic E-state index is 0.747. The largest absolute Gasteiger partial charge is 0.497 e. The number of hydrogen-bond acceptors (Lipinski definition) is 3. The Kier molecular flexibility index (Phi) is 4.19. The Bertz CT molecular complexity index is 480. The van der Waals surface area contributed by atoms with Gasteiger partial charge in [-0.25, -0.2) is 0 Å². The molecular formula is C14H15O3P. The first-order valence-electron chi connectivity index (χ1n) is 5.51. The second kappa shape index (κ2) is 5.85. The van der Waals surface area contributed by atoms with Gasteiger partial charge in [0, 0.05) is 10.6 Å². The van der Waals surface area contributed by atoms with Crippen LogP contribution in [0.1, 0.15) is 0 Å². The van der Waals surface area contributed by atoms with Crippen LogP contribution in [-0.4, -0.2) is 19.1 Å². The summed E-state index contributed by atoms with van der Waals surface area (Å²) >= 11 is 0. The minimum atomic E-state index is -1.37. The quantitative estimate of drug-likeness (QED) is 0.857. The highest BCUT2D eigenvalue weighted by molar-refractivity contribution is 7.67. The van der Waals surface area contributed by atoms with Gasteiger partial charge in [-0.15, -0.1) is 0 Å². The highest BCUT2D eigenvalue weighted by atomic mass is 31.1. The van der Waals surface area contributed by atoms with Crippen LogP contribution in [-0.2, 0) is 0 Å². The van der Waals surface area contributed by atoms with Crippen molar-refractivity contribution < 1.29 is 14.4 Å². The summed E-state index contributed by atoms with van der Waals surface area (Å²) in [6, 6.07) is 15.0. The van der Waals surface area contributed by atoms with Crippen LogP contribution in [0, 0.1) is 0 Å². The molecule has 0 unspecified atom stereocenters. The lowest BCUT2D eigenvalue weighted by Gasteiger charge is -2.13. The fourth-order valence-corrected chi connectivity index (χ4v) is 2.89. The maximum absolute atomic E-state index is 10.4. The Balaban J connectivity index is 2.31. The number of benzene rings is 2. The van der Waals surface area contributed by atoms with E-state index in [2.05, 4.69) is 0 Å². The predicted octanol–water partition coefficient (Wildman–Crippen LogP) is 2.04. The molecule has 1 N–H and O–H groups in total. The van der Waals surface area contributed by atoms with E-state index in [1.165, 1.54) is 0 Å². The molecule has 0 saturated heterocycles. The molecular weight excluding hydrogens is 247 g/mol. The van der Waals surface area contributed by atoms with Crippen molar-refractivity contribution in [3.05, 3.63) is 48.5 Å². The van der Waals surface area contributed by atoms with Crippen molar-refractivity contribution in [3.8, 4) is 11.5 Å². The number of ether oxygens (including phenoxy) is 2. The lowest BCUT2D eigenvalue weighted by Crippen LogP contribution is -2.11. The van der Waals surface area contributed by atoms with Crippen LogP contribution in [0.4, 0.5) is 0 Å². The van der Waals surface area contributed by atoms with Crippen LogP contribution in [0.3, 0.4) is 0 Å². The lowest BCUT2D eigenvalue weighted by atomic mass is 10.3. The molecule has 2 aromatic carbocycles. The molecule has 0 amide bonds. The van der Waals surface area contributed by atoms with Crippen molar-refractivity contribution >= 4 is 18.8 Å².